The van der Waals surface area contributed by atoms with Crippen molar-refractivity contribution >= 4 is 21.3 Å². The normalized spacial score (nSPS) is 10.9. The van der Waals surface area contributed by atoms with Crippen LogP contribution in [0.15, 0.2) is 121 Å². The van der Waals surface area contributed by atoms with Gasteiger partial charge in [-0.15, -0.1) is 6.58 Å². The molecule has 37 heavy (non-hydrogen) atoms. The molecule has 0 aliphatic rings. The van der Waals surface area contributed by atoms with E-state index in [0.29, 0.717) is 28.8 Å². The summed E-state index contributed by atoms with van der Waals surface area (Å²) < 4.78 is 29.3. The molecule has 0 aliphatic heterocycles. The van der Waals surface area contributed by atoms with E-state index in [1.54, 1.807) is 36.4 Å². The van der Waals surface area contributed by atoms with E-state index in [4.69, 9.17) is 0 Å². The van der Waals surface area contributed by atoms with E-state index in [0.717, 1.165) is 22.3 Å². The van der Waals surface area contributed by atoms with Gasteiger partial charge < -0.3 is 0 Å². The lowest BCUT2D eigenvalue weighted by Gasteiger charge is -2.28. The number of benzene rings is 4. The highest BCUT2D eigenvalue weighted by Gasteiger charge is 2.27. The van der Waals surface area contributed by atoms with Gasteiger partial charge in [0.15, 0.2) is 0 Å². The summed E-state index contributed by atoms with van der Waals surface area (Å²) in [5.74, 6) is 0. The molecule has 0 unspecified atom stereocenters. The second-order valence-corrected chi connectivity index (χ2v) is 10.6. The van der Waals surface area contributed by atoms with E-state index < -0.39 is 10.0 Å². The van der Waals surface area contributed by atoms with Gasteiger partial charge >= 0.3 is 0 Å². The molecule has 0 spiro atoms. The van der Waals surface area contributed by atoms with E-state index in [1.807, 2.05) is 73.7 Å². The SMILES string of the molecule is C=CCCN(c1ccc(-c2ccccc2C#N)cc1C(=C)c1ccccc1)S(=O)(=O)c1ccc(C)cc1. The van der Waals surface area contributed by atoms with Crippen molar-refractivity contribution < 1.29 is 8.42 Å². The number of hydrogen-bond acceptors (Lipinski definition) is 3. The Hall–Kier alpha value is -4.40. The molecule has 0 saturated carbocycles. The van der Waals surface area contributed by atoms with Crippen molar-refractivity contribution in [2.75, 3.05) is 10.8 Å². The van der Waals surface area contributed by atoms with Gasteiger partial charge in [-0.05, 0) is 65.9 Å². The Balaban J connectivity index is 1.95. The molecule has 4 aromatic rings. The summed E-state index contributed by atoms with van der Waals surface area (Å²) in [7, 11) is -3.88. The van der Waals surface area contributed by atoms with Crippen molar-refractivity contribution in [3.8, 4) is 17.2 Å². The maximum Gasteiger partial charge on any atom is 0.264 e. The number of nitrogens with zero attached hydrogens (tertiary/aromatic N) is 2. The van der Waals surface area contributed by atoms with Crippen molar-refractivity contribution in [3.05, 3.63) is 139 Å². The van der Waals surface area contributed by atoms with Crippen LogP contribution in [0, 0.1) is 18.3 Å². The highest BCUT2D eigenvalue weighted by Crippen LogP contribution is 2.37. The lowest BCUT2D eigenvalue weighted by Crippen LogP contribution is -2.32. The molecule has 184 valence electrons. The van der Waals surface area contributed by atoms with Crippen LogP contribution in [0.4, 0.5) is 5.69 Å². The van der Waals surface area contributed by atoms with Gasteiger partial charge in [0.25, 0.3) is 10.0 Å². The molecule has 4 nitrogen and oxygen atoms in total. The molecule has 0 atom stereocenters. The van der Waals surface area contributed by atoms with E-state index in [-0.39, 0.29) is 11.4 Å². The minimum atomic E-state index is -3.88. The van der Waals surface area contributed by atoms with E-state index in [1.165, 1.54) is 4.31 Å². The van der Waals surface area contributed by atoms with E-state index in [9.17, 15) is 13.7 Å². The Morgan fingerprint density at radius 2 is 1.62 bits per heavy atom. The lowest BCUT2D eigenvalue weighted by atomic mass is 9.92. The van der Waals surface area contributed by atoms with Crippen LogP contribution < -0.4 is 4.31 Å². The zero-order valence-corrected chi connectivity index (χ0v) is 21.6. The molecule has 0 radical (unpaired) electrons. The lowest BCUT2D eigenvalue weighted by molar-refractivity contribution is 0.591. The van der Waals surface area contributed by atoms with Crippen LogP contribution in [-0.2, 0) is 10.0 Å². The van der Waals surface area contributed by atoms with Crippen LogP contribution in [0.5, 0.6) is 0 Å². The Morgan fingerprint density at radius 1 is 0.946 bits per heavy atom. The molecule has 0 N–H and O–H groups in total. The fourth-order valence-electron chi connectivity index (χ4n) is 4.21. The van der Waals surface area contributed by atoms with Gasteiger partial charge in [0, 0.05) is 12.1 Å². The Kier molecular flexibility index (Phi) is 7.71. The average Bonchev–Trinajstić information content (AvgIpc) is 2.93. The quantitative estimate of drug-likeness (QED) is 0.224. The molecular formula is C32H28N2O2S. The second kappa shape index (κ2) is 11.1. The highest BCUT2D eigenvalue weighted by atomic mass is 32.2. The molecule has 0 aliphatic carbocycles. The van der Waals surface area contributed by atoms with Crippen molar-refractivity contribution in [1.29, 1.82) is 5.26 Å². The monoisotopic (exact) mass is 504 g/mol. The van der Waals surface area contributed by atoms with Crippen LogP contribution in [0.3, 0.4) is 0 Å². The minimum Gasteiger partial charge on any atom is -0.265 e. The molecule has 4 aromatic carbocycles. The van der Waals surface area contributed by atoms with Crippen LogP contribution in [-0.4, -0.2) is 15.0 Å². The van der Waals surface area contributed by atoms with Crippen LogP contribution in [0.25, 0.3) is 16.7 Å². The predicted octanol–water partition coefficient (Wildman–Crippen LogP) is 7.37. The molecule has 0 heterocycles. The van der Waals surface area contributed by atoms with Crippen LogP contribution >= 0.6 is 0 Å². The van der Waals surface area contributed by atoms with Gasteiger partial charge in [-0.1, -0.05) is 84.9 Å². The first-order valence-corrected chi connectivity index (χ1v) is 13.4. The maximum atomic E-state index is 13.9. The van der Waals surface area contributed by atoms with Gasteiger partial charge in [-0.25, -0.2) is 8.42 Å². The fourth-order valence-corrected chi connectivity index (χ4v) is 5.70. The molecule has 0 amide bonds. The maximum absolute atomic E-state index is 13.9. The van der Waals surface area contributed by atoms with Crippen molar-refractivity contribution in [1.82, 2.24) is 0 Å². The number of rotatable bonds is 9. The first-order valence-electron chi connectivity index (χ1n) is 12.0. The Morgan fingerprint density at radius 3 is 2.30 bits per heavy atom. The summed E-state index contributed by atoms with van der Waals surface area (Å²) in [6, 6.07) is 31.7. The Bertz CT molecular complexity index is 1580. The second-order valence-electron chi connectivity index (χ2n) is 8.70. The summed E-state index contributed by atoms with van der Waals surface area (Å²) in [6.07, 6.45) is 2.18. The molecule has 0 fully saturated rings. The predicted molar refractivity (Wildman–Crippen MR) is 152 cm³/mol. The third kappa shape index (κ3) is 5.40. The number of aryl methyl sites for hydroxylation is 1. The number of hydrogen-bond donors (Lipinski definition) is 0. The standard InChI is InChI=1S/C32H28N2O2S/c1-4-5-21-34(37(35,36)29-18-15-24(2)16-19-29)32-20-17-27(30-14-10-9-13-28(30)23-33)22-31(32)25(3)26-11-7-6-8-12-26/h4,6-20,22H,1,3,5,21H2,2H3. The zero-order chi connectivity index (χ0) is 26.4. The van der Waals surface area contributed by atoms with Gasteiger partial charge in [0.05, 0.1) is 22.2 Å². The van der Waals surface area contributed by atoms with Gasteiger partial charge in [0.2, 0.25) is 0 Å². The molecule has 0 bridgehead atoms. The molecule has 5 heteroatoms. The Labute approximate surface area is 219 Å². The van der Waals surface area contributed by atoms with Gasteiger partial charge in [-0.2, -0.15) is 5.26 Å². The van der Waals surface area contributed by atoms with Crippen molar-refractivity contribution in [2.24, 2.45) is 0 Å². The third-order valence-corrected chi connectivity index (χ3v) is 8.04. The third-order valence-electron chi connectivity index (χ3n) is 6.22. The van der Waals surface area contributed by atoms with Gasteiger partial charge in [0.1, 0.15) is 0 Å². The largest absolute Gasteiger partial charge is 0.265 e. The van der Waals surface area contributed by atoms with Crippen molar-refractivity contribution in [2.45, 2.75) is 18.2 Å². The van der Waals surface area contributed by atoms with Crippen molar-refractivity contribution in [3.63, 3.8) is 0 Å². The zero-order valence-electron chi connectivity index (χ0n) is 20.8. The molecule has 4 rings (SSSR count). The average molecular weight is 505 g/mol. The van der Waals surface area contributed by atoms with E-state index in [2.05, 4.69) is 19.2 Å². The first kappa shape index (κ1) is 25.7. The summed E-state index contributed by atoms with van der Waals surface area (Å²) in [4.78, 5) is 0.220. The number of nitriles is 1. The summed E-state index contributed by atoms with van der Waals surface area (Å²) in [5, 5.41) is 9.66. The molecular weight excluding hydrogens is 476 g/mol. The topological polar surface area (TPSA) is 61.2 Å². The fraction of sp³-hybridized carbons (Fsp3) is 0.0938. The van der Waals surface area contributed by atoms with Crippen LogP contribution in [0.1, 0.15) is 28.7 Å². The molecule has 0 saturated heterocycles. The highest BCUT2D eigenvalue weighted by molar-refractivity contribution is 7.92. The summed E-state index contributed by atoms with van der Waals surface area (Å²) in [5.41, 5.74) is 5.88. The van der Waals surface area contributed by atoms with E-state index >= 15 is 0 Å². The van der Waals surface area contributed by atoms with Crippen LogP contribution in [0.2, 0.25) is 0 Å². The molecule has 0 aromatic heterocycles. The first-order chi connectivity index (χ1) is 17.9. The number of sulfonamides is 1. The van der Waals surface area contributed by atoms with Gasteiger partial charge in [-0.3, -0.25) is 4.31 Å². The smallest absolute Gasteiger partial charge is 0.264 e. The minimum absolute atomic E-state index is 0.220. The number of anilines is 1. The summed E-state index contributed by atoms with van der Waals surface area (Å²) in [6.45, 7) is 10.3. The summed E-state index contributed by atoms with van der Waals surface area (Å²) >= 11 is 0.